The second-order valence-electron chi connectivity index (χ2n) is 4.55. The zero-order valence-corrected chi connectivity index (χ0v) is 10.3. The van der Waals surface area contributed by atoms with Gasteiger partial charge in [-0.25, -0.2) is 9.97 Å². The minimum absolute atomic E-state index is 0.542. The van der Waals surface area contributed by atoms with Crippen molar-refractivity contribution < 1.29 is 0 Å². The molecule has 1 aliphatic carbocycles. The largest absolute Gasteiger partial charge is 0.241 e. The standard InChI is InChI=1S/C13H17ClN2/c1-10-8-15-13(16-9-10)12-4-2-11(3-5-12)6-7-14/h6-9,11-12H,2-5H2,1H3/b7-6+/t11-,12-. The van der Waals surface area contributed by atoms with Crippen LogP contribution in [-0.4, -0.2) is 9.97 Å². The number of nitrogens with zero attached hydrogens (tertiary/aromatic N) is 2. The highest BCUT2D eigenvalue weighted by atomic mass is 35.5. The van der Waals surface area contributed by atoms with Crippen molar-refractivity contribution in [3.63, 3.8) is 0 Å². The van der Waals surface area contributed by atoms with Gasteiger partial charge < -0.3 is 0 Å². The summed E-state index contributed by atoms with van der Waals surface area (Å²) in [5.41, 5.74) is 2.77. The minimum Gasteiger partial charge on any atom is -0.241 e. The Labute approximate surface area is 102 Å². The maximum atomic E-state index is 5.60. The quantitative estimate of drug-likeness (QED) is 0.780. The van der Waals surface area contributed by atoms with Crippen molar-refractivity contribution in [1.82, 2.24) is 9.97 Å². The van der Waals surface area contributed by atoms with Crippen molar-refractivity contribution in [3.8, 4) is 0 Å². The normalized spacial score (nSPS) is 26.1. The summed E-state index contributed by atoms with van der Waals surface area (Å²) in [4.78, 5) is 8.84. The third-order valence-corrected chi connectivity index (χ3v) is 3.43. The van der Waals surface area contributed by atoms with Gasteiger partial charge in [-0.05, 0) is 44.1 Å². The number of halogens is 1. The van der Waals surface area contributed by atoms with Crippen LogP contribution < -0.4 is 0 Å². The fourth-order valence-electron chi connectivity index (χ4n) is 2.29. The molecule has 16 heavy (non-hydrogen) atoms. The molecule has 2 rings (SSSR count). The van der Waals surface area contributed by atoms with Crippen LogP contribution in [0.5, 0.6) is 0 Å². The monoisotopic (exact) mass is 236 g/mol. The molecule has 0 unspecified atom stereocenters. The van der Waals surface area contributed by atoms with E-state index in [-0.39, 0.29) is 0 Å². The van der Waals surface area contributed by atoms with Crippen molar-refractivity contribution in [1.29, 1.82) is 0 Å². The minimum atomic E-state index is 0.542. The van der Waals surface area contributed by atoms with Crippen molar-refractivity contribution in [2.24, 2.45) is 5.92 Å². The molecule has 1 fully saturated rings. The fraction of sp³-hybridized carbons (Fsp3) is 0.538. The highest BCUT2D eigenvalue weighted by Gasteiger charge is 2.22. The first-order valence-corrected chi connectivity index (χ1v) is 6.28. The first-order valence-electron chi connectivity index (χ1n) is 5.85. The Morgan fingerprint density at radius 2 is 1.81 bits per heavy atom. The summed E-state index contributed by atoms with van der Waals surface area (Å²) < 4.78 is 0. The first-order chi connectivity index (χ1) is 7.79. The van der Waals surface area contributed by atoms with E-state index in [1.165, 1.54) is 25.7 Å². The third-order valence-electron chi connectivity index (χ3n) is 3.28. The lowest BCUT2D eigenvalue weighted by molar-refractivity contribution is 0.366. The van der Waals surface area contributed by atoms with Crippen LogP contribution in [-0.2, 0) is 0 Å². The van der Waals surface area contributed by atoms with E-state index in [1.54, 1.807) is 5.54 Å². The molecule has 1 saturated carbocycles. The second-order valence-corrected chi connectivity index (χ2v) is 4.80. The van der Waals surface area contributed by atoms with E-state index in [0.29, 0.717) is 11.8 Å². The number of rotatable bonds is 2. The van der Waals surface area contributed by atoms with Crippen LogP contribution in [0.2, 0.25) is 0 Å². The van der Waals surface area contributed by atoms with Crippen LogP contribution in [0.15, 0.2) is 24.0 Å². The van der Waals surface area contributed by atoms with Crippen LogP contribution in [0.3, 0.4) is 0 Å². The van der Waals surface area contributed by atoms with Gasteiger partial charge in [-0.1, -0.05) is 17.7 Å². The zero-order chi connectivity index (χ0) is 11.4. The molecule has 0 N–H and O–H groups in total. The smallest absolute Gasteiger partial charge is 0.131 e. The zero-order valence-electron chi connectivity index (χ0n) is 9.56. The molecular weight excluding hydrogens is 220 g/mol. The lowest BCUT2D eigenvalue weighted by Crippen LogP contribution is -2.13. The Morgan fingerprint density at radius 3 is 2.38 bits per heavy atom. The summed E-state index contributed by atoms with van der Waals surface area (Å²) in [6.07, 6.45) is 10.7. The van der Waals surface area contributed by atoms with Gasteiger partial charge in [-0.2, -0.15) is 0 Å². The molecular formula is C13H17ClN2. The molecule has 2 nitrogen and oxygen atoms in total. The van der Waals surface area contributed by atoms with Crippen molar-refractivity contribution in [3.05, 3.63) is 35.4 Å². The van der Waals surface area contributed by atoms with E-state index in [2.05, 4.69) is 16.0 Å². The molecule has 1 heterocycles. The van der Waals surface area contributed by atoms with Gasteiger partial charge in [0.2, 0.25) is 0 Å². The van der Waals surface area contributed by atoms with Crippen LogP contribution >= 0.6 is 11.6 Å². The van der Waals surface area contributed by atoms with Gasteiger partial charge in [-0.3, -0.25) is 0 Å². The summed E-state index contributed by atoms with van der Waals surface area (Å²) in [5, 5.41) is 0. The molecule has 1 aromatic heterocycles. The van der Waals surface area contributed by atoms with Gasteiger partial charge in [0.1, 0.15) is 5.82 Å². The molecule has 0 amide bonds. The van der Waals surface area contributed by atoms with Gasteiger partial charge in [0.25, 0.3) is 0 Å². The first kappa shape index (κ1) is 11.6. The van der Waals surface area contributed by atoms with Crippen molar-refractivity contribution in [2.45, 2.75) is 38.5 Å². The molecule has 1 aromatic rings. The Bertz CT molecular complexity index is 351. The molecule has 1 aliphatic rings. The molecule has 0 bridgehead atoms. The summed E-state index contributed by atoms with van der Waals surface area (Å²) in [5.74, 6) is 2.21. The number of aryl methyl sites for hydroxylation is 1. The van der Waals surface area contributed by atoms with E-state index in [1.807, 2.05) is 19.3 Å². The lowest BCUT2D eigenvalue weighted by atomic mass is 9.82. The van der Waals surface area contributed by atoms with Crippen LogP contribution in [0.25, 0.3) is 0 Å². The van der Waals surface area contributed by atoms with E-state index < -0.39 is 0 Å². The predicted molar refractivity (Wildman–Crippen MR) is 66.5 cm³/mol. The molecule has 0 atom stereocenters. The Hall–Kier alpha value is -0.890. The molecule has 86 valence electrons. The molecule has 0 saturated heterocycles. The van der Waals surface area contributed by atoms with E-state index in [4.69, 9.17) is 11.6 Å². The van der Waals surface area contributed by atoms with E-state index in [9.17, 15) is 0 Å². The number of allylic oxidation sites excluding steroid dienone is 1. The Balaban J connectivity index is 1.96. The summed E-state index contributed by atoms with van der Waals surface area (Å²) in [6, 6.07) is 0. The average molecular weight is 237 g/mol. The lowest BCUT2D eigenvalue weighted by Gasteiger charge is -2.25. The number of aromatic nitrogens is 2. The van der Waals surface area contributed by atoms with Crippen molar-refractivity contribution in [2.75, 3.05) is 0 Å². The van der Waals surface area contributed by atoms with Crippen LogP contribution in [0, 0.1) is 12.8 Å². The van der Waals surface area contributed by atoms with Crippen molar-refractivity contribution >= 4 is 11.6 Å². The van der Waals surface area contributed by atoms with Gasteiger partial charge in [0.15, 0.2) is 0 Å². The summed E-state index contributed by atoms with van der Waals surface area (Å²) in [7, 11) is 0. The molecule has 0 aliphatic heterocycles. The van der Waals surface area contributed by atoms with E-state index in [0.717, 1.165) is 11.4 Å². The summed E-state index contributed by atoms with van der Waals surface area (Å²) >= 11 is 5.60. The highest BCUT2D eigenvalue weighted by Crippen LogP contribution is 2.34. The van der Waals surface area contributed by atoms with Gasteiger partial charge in [-0.15, -0.1) is 0 Å². The number of hydrogen-bond donors (Lipinski definition) is 0. The van der Waals surface area contributed by atoms with Crippen LogP contribution in [0.1, 0.15) is 43.0 Å². The van der Waals surface area contributed by atoms with Gasteiger partial charge in [0.05, 0.1) is 0 Å². The Morgan fingerprint density at radius 1 is 1.19 bits per heavy atom. The molecule has 0 aromatic carbocycles. The Kier molecular flexibility index (Phi) is 3.94. The fourth-order valence-corrected chi connectivity index (χ4v) is 2.49. The van der Waals surface area contributed by atoms with Crippen LogP contribution in [0.4, 0.5) is 0 Å². The van der Waals surface area contributed by atoms with E-state index >= 15 is 0 Å². The SMILES string of the molecule is Cc1cnc([C@H]2CC[C@H](/C=C/Cl)CC2)nc1. The third kappa shape index (κ3) is 2.82. The second kappa shape index (κ2) is 5.44. The maximum Gasteiger partial charge on any atom is 0.131 e. The topological polar surface area (TPSA) is 25.8 Å². The van der Waals surface area contributed by atoms with Gasteiger partial charge >= 0.3 is 0 Å². The predicted octanol–water partition coefficient (Wildman–Crippen LogP) is 3.81. The molecule has 3 heteroatoms. The highest BCUT2D eigenvalue weighted by molar-refractivity contribution is 6.25. The number of hydrogen-bond acceptors (Lipinski definition) is 2. The summed E-state index contributed by atoms with van der Waals surface area (Å²) in [6.45, 7) is 2.02. The molecule has 0 radical (unpaired) electrons. The maximum absolute atomic E-state index is 5.60. The molecule has 0 spiro atoms. The van der Waals surface area contributed by atoms with Gasteiger partial charge in [0, 0.05) is 23.8 Å². The average Bonchev–Trinajstić information content (AvgIpc) is 2.32.